The van der Waals surface area contributed by atoms with Crippen LogP contribution in [0, 0.1) is 24.0 Å². The fourth-order valence-corrected chi connectivity index (χ4v) is 3.10. The number of nitrogens with zero attached hydrogens (tertiary/aromatic N) is 3. The molecule has 2 amide bonds. The predicted molar refractivity (Wildman–Crippen MR) is 102 cm³/mol. The first-order valence-electron chi connectivity index (χ1n) is 8.57. The molecule has 0 radical (unpaired) electrons. The number of nitro benzene ring substituents is 1. The Morgan fingerprint density at radius 1 is 1.04 bits per heavy atom. The molecule has 2 aromatic rings. The maximum absolute atomic E-state index is 12.4. The molecule has 0 aromatic heterocycles. The molecule has 1 aliphatic heterocycles. The Bertz CT molecular complexity index is 812. The number of piperazine rings is 1. The second-order valence-electron chi connectivity index (χ2n) is 6.43. The molecule has 0 spiro atoms. The Morgan fingerprint density at radius 3 is 2.31 bits per heavy atom. The lowest BCUT2D eigenvalue weighted by Crippen LogP contribution is -2.50. The number of amides is 2. The third-order valence-electron chi connectivity index (χ3n) is 4.81. The zero-order valence-electron chi connectivity index (χ0n) is 14.9. The number of urea groups is 1. The van der Waals surface area contributed by atoms with Gasteiger partial charge >= 0.3 is 6.03 Å². The van der Waals surface area contributed by atoms with Crippen molar-refractivity contribution in [2.45, 2.75) is 13.8 Å². The summed E-state index contributed by atoms with van der Waals surface area (Å²) in [6, 6.07) is 12.0. The predicted octanol–water partition coefficient (Wildman–Crippen LogP) is 3.57. The van der Waals surface area contributed by atoms with Gasteiger partial charge < -0.3 is 15.1 Å². The van der Waals surface area contributed by atoms with Crippen LogP contribution in [-0.4, -0.2) is 42.0 Å². The first-order valence-corrected chi connectivity index (χ1v) is 8.57. The number of benzene rings is 2. The van der Waals surface area contributed by atoms with E-state index < -0.39 is 4.92 Å². The molecule has 2 aromatic carbocycles. The van der Waals surface area contributed by atoms with E-state index in [0.717, 1.165) is 13.1 Å². The highest BCUT2D eigenvalue weighted by atomic mass is 16.6. The Hall–Kier alpha value is -3.09. The molecule has 3 rings (SSSR count). The van der Waals surface area contributed by atoms with Gasteiger partial charge in [0.2, 0.25) is 0 Å². The Morgan fingerprint density at radius 2 is 1.69 bits per heavy atom. The summed E-state index contributed by atoms with van der Waals surface area (Å²) in [6.45, 7) is 7.04. The van der Waals surface area contributed by atoms with Crippen molar-refractivity contribution in [1.82, 2.24) is 4.90 Å². The van der Waals surface area contributed by atoms with Gasteiger partial charge in [-0.3, -0.25) is 10.1 Å². The zero-order chi connectivity index (χ0) is 18.7. The van der Waals surface area contributed by atoms with Crippen molar-refractivity contribution in [3.63, 3.8) is 0 Å². The first-order chi connectivity index (χ1) is 12.5. The van der Waals surface area contributed by atoms with E-state index in [9.17, 15) is 14.9 Å². The Labute approximate surface area is 152 Å². The highest BCUT2D eigenvalue weighted by molar-refractivity contribution is 5.89. The number of carbonyl (C=O) groups excluding carboxylic acids is 1. The van der Waals surface area contributed by atoms with Gasteiger partial charge in [0.15, 0.2) is 0 Å². The lowest BCUT2D eigenvalue weighted by molar-refractivity contribution is -0.384. The van der Waals surface area contributed by atoms with Crippen molar-refractivity contribution in [3.8, 4) is 0 Å². The molecule has 1 fully saturated rings. The monoisotopic (exact) mass is 354 g/mol. The van der Waals surface area contributed by atoms with Crippen LogP contribution < -0.4 is 10.2 Å². The molecular weight excluding hydrogens is 332 g/mol. The van der Waals surface area contributed by atoms with E-state index in [1.165, 1.54) is 28.9 Å². The van der Waals surface area contributed by atoms with Crippen LogP contribution in [0.4, 0.5) is 21.9 Å². The molecule has 1 saturated heterocycles. The van der Waals surface area contributed by atoms with Gasteiger partial charge in [-0.1, -0.05) is 12.1 Å². The molecule has 1 N–H and O–H groups in total. The minimum absolute atomic E-state index is 0.00476. The van der Waals surface area contributed by atoms with Gasteiger partial charge in [-0.05, 0) is 43.2 Å². The van der Waals surface area contributed by atoms with Crippen LogP contribution in [0.5, 0.6) is 0 Å². The molecule has 0 unspecified atom stereocenters. The number of anilines is 2. The molecule has 1 heterocycles. The number of carbonyl (C=O) groups is 1. The zero-order valence-corrected chi connectivity index (χ0v) is 14.9. The van der Waals surface area contributed by atoms with Crippen LogP contribution >= 0.6 is 0 Å². The van der Waals surface area contributed by atoms with Gasteiger partial charge in [-0.2, -0.15) is 0 Å². The fraction of sp³-hybridized carbons (Fsp3) is 0.316. The van der Waals surface area contributed by atoms with Gasteiger partial charge in [0, 0.05) is 49.7 Å². The minimum Gasteiger partial charge on any atom is -0.368 e. The number of rotatable bonds is 3. The van der Waals surface area contributed by atoms with E-state index in [1.54, 1.807) is 17.0 Å². The van der Waals surface area contributed by atoms with Crippen molar-refractivity contribution >= 4 is 23.1 Å². The largest absolute Gasteiger partial charge is 0.368 e. The van der Waals surface area contributed by atoms with Crippen LogP contribution in [0.25, 0.3) is 0 Å². The molecule has 0 aliphatic carbocycles. The topological polar surface area (TPSA) is 78.7 Å². The number of hydrogen-bond donors (Lipinski definition) is 1. The number of non-ortho nitro benzene ring substituents is 1. The summed E-state index contributed by atoms with van der Waals surface area (Å²) in [5.74, 6) is 0. The average molecular weight is 354 g/mol. The van der Waals surface area contributed by atoms with E-state index in [4.69, 9.17) is 0 Å². The van der Waals surface area contributed by atoms with Crippen molar-refractivity contribution in [3.05, 3.63) is 63.7 Å². The van der Waals surface area contributed by atoms with Crippen molar-refractivity contribution in [2.24, 2.45) is 0 Å². The van der Waals surface area contributed by atoms with E-state index >= 15 is 0 Å². The summed E-state index contributed by atoms with van der Waals surface area (Å²) in [5, 5.41) is 13.5. The van der Waals surface area contributed by atoms with Crippen LogP contribution in [-0.2, 0) is 0 Å². The number of nitrogens with one attached hydrogen (secondary N) is 1. The maximum Gasteiger partial charge on any atom is 0.321 e. The molecule has 136 valence electrons. The van der Waals surface area contributed by atoms with E-state index in [2.05, 4.69) is 42.3 Å². The van der Waals surface area contributed by atoms with Gasteiger partial charge in [0.05, 0.1) is 4.92 Å². The van der Waals surface area contributed by atoms with Crippen molar-refractivity contribution in [2.75, 3.05) is 36.4 Å². The molecule has 0 bridgehead atoms. The molecule has 7 nitrogen and oxygen atoms in total. The molecule has 26 heavy (non-hydrogen) atoms. The molecule has 7 heteroatoms. The second kappa shape index (κ2) is 7.43. The SMILES string of the molecule is Cc1cccc(N2CCN(C(=O)Nc3ccc([N+](=O)[O-])cc3)CC2)c1C. The Balaban J connectivity index is 1.58. The van der Waals surface area contributed by atoms with Crippen LogP contribution in [0.3, 0.4) is 0 Å². The van der Waals surface area contributed by atoms with Gasteiger partial charge in [0.1, 0.15) is 0 Å². The van der Waals surface area contributed by atoms with Crippen LogP contribution in [0.15, 0.2) is 42.5 Å². The van der Waals surface area contributed by atoms with Crippen LogP contribution in [0.1, 0.15) is 11.1 Å². The first kappa shape index (κ1) is 17.7. The minimum atomic E-state index is -0.460. The number of aryl methyl sites for hydroxylation is 1. The molecule has 1 aliphatic rings. The summed E-state index contributed by atoms with van der Waals surface area (Å²) in [6.07, 6.45) is 0. The highest BCUT2D eigenvalue weighted by Gasteiger charge is 2.22. The standard InChI is InChI=1S/C19H22N4O3/c1-14-4-3-5-18(15(14)2)21-10-12-22(13-11-21)19(24)20-16-6-8-17(9-7-16)23(25)26/h3-9H,10-13H2,1-2H3,(H,20,24). The molecule has 0 atom stereocenters. The average Bonchev–Trinajstić information content (AvgIpc) is 2.64. The lowest BCUT2D eigenvalue weighted by atomic mass is 10.1. The molecular formula is C19H22N4O3. The van der Waals surface area contributed by atoms with E-state index in [0.29, 0.717) is 18.8 Å². The number of hydrogen-bond acceptors (Lipinski definition) is 4. The maximum atomic E-state index is 12.4. The van der Waals surface area contributed by atoms with Gasteiger partial charge in [-0.25, -0.2) is 4.79 Å². The van der Waals surface area contributed by atoms with Gasteiger partial charge in [0.25, 0.3) is 5.69 Å². The van der Waals surface area contributed by atoms with Crippen molar-refractivity contribution in [1.29, 1.82) is 0 Å². The quantitative estimate of drug-likeness (QED) is 0.675. The summed E-state index contributed by atoms with van der Waals surface area (Å²) in [5.41, 5.74) is 4.32. The fourth-order valence-electron chi connectivity index (χ4n) is 3.10. The number of nitro groups is 1. The van der Waals surface area contributed by atoms with E-state index in [-0.39, 0.29) is 11.7 Å². The van der Waals surface area contributed by atoms with Crippen LogP contribution in [0.2, 0.25) is 0 Å². The summed E-state index contributed by atoms with van der Waals surface area (Å²) in [7, 11) is 0. The van der Waals surface area contributed by atoms with Crippen molar-refractivity contribution < 1.29 is 9.72 Å². The highest BCUT2D eigenvalue weighted by Crippen LogP contribution is 2.24. The molecule has 0 saturated carbocycles. The lowest BCUT2D eigenvalue weighted by Gasteiger charge is -2.37. The van der Waals surface area contributed by atoms with Gasteiger partial charge in [-0.15, -0.1) is 0 Å². The summed E-state index contributed by atoms with van der Waals surface area (Å²) in [4.78, 5) is 26.7. The smallest absolute Gasteiger partial charge is 0.321 e. The third-order valence-corrected chi connectivity index (χ3v) is 4.81. The second-order valence-corrected chi connectivity index (χ2v) is 6.43. The summed E-state index contributed by atoms with van der Waals surface area (Å²) < 4.78 is 0. The van der Waals surface area contributed by atoms with E-state index in [1.807, 2.05) is 0 Å². The Kier molecular flexibility index (Phi) is 5.06. The third kappa shape index (κ3) is 3.77. The summed E-state index contributed by atoms with van der Waals surface area (Å²) >= 11 is 0. The normalized spacial score (nSPS) is 14.2.